The predicted molar refractivity (Wildman–Crippen MR) is 47.3 cm³/mol. The molecular formula is C8H16N2O3. The van der Waals surface area contributed by atoms with E-state index >= 15 is 0 Å². The third kappa shape index (κ3) is 3.30. The largest absolute Gasteiger partial charge is 0.382 e. The molecule has 0 aromatic heterocycles. The summed E-state index contributed by atoms with van der Waals surface area (Å²) in [5.74, 6) is 0.0119. The molecule has 1 heterocycles. The minimum atomic E-state index is 0.0119. The molecule has 0 bridgehead atoms. The van der Waals surface area contributed by atoms with Crippen LogP contribution in [-0.4, -0.2) is 56.9 Å². The smallest absolute Gasteiger partial charge is 0.248 e. The molecule has 0 spiro atoms. The molecular weight excluding hydrogens is 172 g/mol. The molecule has 0 radical (unpaired) electrons. The topological polar surface area (TPSA) is 64.8 Å². The molecule has 1 saturated heterocycles. The van der Waals surface area contributed by atoms with Gasteiger partial charge in [0.2, 0.25) is 5.91 Å². The second kappa shape index (κ2) is 5.16. The van der Waals surface area contributed by atoms with Gasteiger partial charge < -0.3 is 20.1 Å². The molecule has 76 valence electrons. The molecule has 0 atom stereocenters. The van der Waals surface area contributed by atoms with Crippen LogP contribution in [-0.2, 0) is 14.3 Å². The van der Waals surface area contributed by atoms with Crippen molar-refractivity contribution in [3.8, 4) is 0 Å². The number of likely N-dealkylation sites (tertiary alicyclic amines) is 1. The molecule has 0 unspecified atom stereocenters. The van der Waals surface area contributed by atoms with Crippen molar-refractivity contribution in [3.63, 3.8) is 0 Å². The second-order valence-electron chi connectivity index (χ2n) is 3.10. The van der Waals surface area contributed by atoms with E-state index in [9.17, 15) is 4.79 Å². The highest BCUT2D eigenvalue weighted by atomic mass is 16.5. The molecule has 1 fully saturated rings. The molecule has 0 aliphatic carbocycles. The number of rotatable bonds is 5. The highest BCUT2D eigenvalue weighted by molar-refractivity contribution is 5.78. The summed E-state index contributed by atoms with van der Waals surface area (Å²) in [6, 6.07) is 0.155. The summed E-state index contributed by atoms with van der Waals surface area (Å²) in [6.45, 7) is 2.43. The van der Waals surface area contributed by atoms with Crippen LogP contribution in [0.2, 0.25) is 0 Å². The van der Waals surface area contributed by atoms with Gasteiger partial charge in [-0.25, -0.2) is 0 Å². The zero-order valence-corrected chi connectivity index (χ0v) is 7.86. The summed E-state index contributed by atoms with van der Waals surface area (Å²) in [6.07, 6.45) is 0. The fourth-order valence-electron chi connectivity index (χ4n) is 1.11. The molecule has 5 nitrogen and oxygen atoms in total. The number of ether oxygens (including phenoxy) is 2. The van der Waals surface area contributed by atoms with Crippen molar-refractivity contribution in [1.82, 2.24) is 4.90 Å². The highest BCUT2D eigenvalue weighted by Gasteiger charge is 2.27. The van der Waals surface area contributed by atoms with Crippen LogP contribution < -0.4 is 5.73 Å². The lowest BCUT2D eigenvalue weighted by molar-refractivity contribution is -0.140. The minimum absolute atomic E-state index is 0.0119. The van der Waals surface area contributed by atoms with Gasteiger partial charge in [-0.1, -0.05) is 0 Å². The minimum Gasteiger partial charge on any atom is -0.382 e. The molecule has 13 heavy (non-hydrogen) atoms. The van der Waals surface area contributed by atoms with E-state index in [1.807, 2.05) is 0 Å². The van der Waals surface area contributed by atoms with Crippen molar-refractivity contribution in [2.45, 2.75) is 6.04 Å². The van der Waals surface area contributed by atoms with E-state index in [-0.39, 0.29) is 18.6 Å². The maximum Gasteiger partial charge on any atom is 0.248 e. The Hall–Kier alpha value is -0.650. The lowest BCUT2D eigenvalue weighted by atomic mass is 10.1. The normalized spacial score (nSPS) is 17.2. The maximum atomic E-state index is 11.2. The van der Waals surface area contributed by atoms with Crippen molar-refractivity contribution in [3.05, 3.63) is 0 Å². The van der Waals surface area contributed by atoms with Gasteiger partial charge in [0, 0.05) is 26.2 Å². The molecule has 1 amide bonds. The Morgan fingerprint density at radius 2 is 2.23 bits per heavy atom. The quantitative estimate of drug-likeness (QED) is 0.551. The lowest BCUT2D eigenvalue weighted by Crippen LogP contribution is -2.58. The predicted octanol–water partition coefficient (Wildman–Crippen LogP) is -1.18. The molecule has 1 aliphatic heterocycles. The second-order valence-corrected chi connectivity index (χ2v) is 3.10. The zero-order chi connectivity index (χ0) is 9.68. The van der Waals surface area contributed by atoms with Crippen LogP contribution >= 0.6 is 0 Å². The van der Waals surface area contributed by atoms with E-state index in [2.05, 4.69) is 0 Å². The van der Waals surface area contributed by atoms with Crippen LogP contribution in [0.25, 0.3) is 0 Å². The van der Waals surface area contributed by atoms with Gasteiger partial charge in [0.05, 0.1) is 13.2 Å². The van der Waals surface area contributed by atoms with Crippen molar-refractivity contribution in [1.29, 1.82) is 0 Å². The fourth-order valence-corrected chi connectivity index (χ4v) is 1.11. The Labute approximate surface area is 77.8 Å². The van der Waals surface area contributed by atoms with Crippen LogP contribution in [0.15, 0.2) is 0 Å². The van der Waals surface area contributed by atoms with E-state index < -0.39 is 0 Å². The molecule has 2 N–H and O–H groups in total. The van der Waals surface area contributed by atoms with Crippen LogP contribution in [0.5, 0.6) is 0 Å². The summed E-state index contributed by atoms with van der Waals surface area (Å²) >= 11 is 0. The molecule has 5 heteroatoms. The number of amides is 1. The zero-order valence-electron chi connectivity index (χ0n) is 7.86. The standard InChI is InChI=1S/C8H16N2O3/c1-12-2-3-13-6-8(11)10-4-7(9)5-10/h7H,2-6,9H2,1H3. The number of nitrogens with zero attached hydrogens (tertiary/aromatic N) is 1. The third-order valence-corrected chi connectivity index (χ3v) is 1.92. The summed E-state index contributed by atoms with van der Waals surface area (Å²) in [5.41, 5.74) is 5.53. The molecule has 1 aliphatic rings. The first kappa shape index (κ1) is 10.4. The molecule has 0 saturated carbocycles. The SMILES string of the molecule is COCCOCC(=O)N1CC(N)C1. The van der Waals surface area contributed by atoms with Crippen molar-refractivity contribution >= 4 is 5.91 Å². The van der Waals surface area contributed by atoms with Crippen molar-refractivity contribution in [2.75, 3.05) is 40.0 Å². The van der Waals surface area contributed by atoms with E-state index in [1.54, 1.807) is 12.0 Å². The van der Waals surface area contributed by atoms with Gasteiger partial charge in [0.25, 0.3) is 0 Å². The average molecular weight is 188 g/mol. The van der Waals surface area contributed by atoms with E-state index in [4.69, 9.17) is 15.2 Å². The van der Waals surface area contributed by atoms with Gasteiger partial charge in [0.1, 0.15) is 6.61 Å². The third-order valence-electron chi connectivity index (χ3n) is 1.92. The Kier molecular flexibility index (Phi) is 4.14. The van der Waals surface area contributed by atoms with E-state index in [1.165, 1.54) is 0 Å². The van der Waals surface area contributed by atoms with Crippen molar-refractivity contribution < 1.29 is 14.3 Å². The average Bonchev–Trinajstić information content (AvgIpc) is 2.07. The highest BCUT2D eigenvalue weighted by Crippen LogP contribution is 2.04. The van der Waals surface area contributed by atoms with Crippen molar-refractivity contribution in [2.24, 2.45) is 5.73 Å². The van der Waals surface area contributed by atoms with E-state index in [0.29, 0.717) is 26.3 Å². The molecule has 1 rings (SSSR count). The first-order valence-corrected chi connectivity index (χ1v) is 4.34. The summed E-state index contributed by atoms with van der Waals surface area (Å²) in [7, 11) is 1.60. The number of nitrogens with two attached hydrogens (primary N) is 1. The number of hydrogen-bond donors (Lipinski definition) is 1. The summed E-state index contributed by atoms with van der Waals surface area (Å²) in [4.78, 5) is 12.9. The van der Waals surface area contributed by atoms with Gasteiger partial charge in [-0.05, 0) is 0 Å². The Bertz CT molecular complexity index is 169. The van der Waals surface area contributed by atoms with Gasteiger partial charge >= 0.3 is 0 Å². The Balaban J connectivity index is 1.99. The maximum absolute atomic E-state index is 11.2. The van der Waals surface area contributed by atoms with Gasteiger partial charge in [0.15, 0.2) is 0 Å². The summed E-state index contributed by atoms with van der Waals surface area (Å²) in [5, 5.41) is 0. The number of methoxy groups -OCH3 is 1. The van der Waals surface area contributed by atoms with Crippen LogP contribution in [0.1, 0.15) is 0 Å². The first-order chi connectivity index (χ1) is 6.24. The van der Waals surface area contributed by atoms with Crippen LogP contribution in [0.4, 0.5) is 0 Å². The monoisotopic (exact) mass is 188 g/mol. The van der Waals surface area contributed by atoms with Gasteiger partial charge in [-0.15, -0.1) is 0 Å². The molecule has 0 aromatic rings. The summed E-state index contributed by atoms with van der Waals surface area (Å²) < 4.78 is 9.84. The Morgan fingerprint density at radius 1 is 1.54 bits per heavy atom. The number of carbonyl (C=O) groups is 1. The first-order valence-electron chi connectivity index (χ1n) is 4.34. The van der Waals surface area contributed by atoms with Gasteiger partial charge in [-0.3, -0.25) is 4.79 Å². The van der Waals surface area contributed by atoms with Gasteiger partial charge in [-0.2, -0.15) is 0 Å². The van der Waals surface area contributed by atoms with Crippen LogP contribution in [0, 0.1) is 0 Å². The van der Waals surface area contributed by atoms with Crippen LogP contribution in [0.3, 0.4) is 0 Å². The Morgan fingerprint density at radius 3 is 2.77 bits per heavy atom. The number of hydrogen-bond acceptors (Lipinski definition) is 4. The lowest BCUT2D eigenvalue weighted by Gasteiger charge is -2.36. The molecule has 0 aromatic carbocycles. The fraction of sp³-hybridized carbons (Fsp3) is 0.875. The number of carbonyl (C=O) groups excluding carboxylic acids is 1. The van der Waals surface area contributed by atoms with E-state index in [0.717, 1.165) is 0 Å².